The second-order valence-corrected chi connectivity index (χ2v) is 4.20. The molecule has 88 valence electrons. The Bertz CT molecular complexity index is 354. The number of aryl methyl sites for hydroxylation is 2. The highest BCUT2D eigenvalue weighted by molar-refractivity contribution is 5.74. The molecule has 0 spiro atoms. The fraction of sp³-hybridized carbons (Fsp3) is 0.462. The minimum Gasteiger partial charge on any atom is -0.370 e. The lowest BCUT2D eigenvalue weighted by molar-refractivity contribution is -0.118. The Balaban J connectivity index is 2.95. The van der Waals surface area contributed by atoms with Crippen molar-refractivity contribution in [2.45, 2.75) is 33.2 Å². The zero-order valence-corrected chi connectivity index (χ0v) is 10.2. The molecule has 16 heavy (non-hydrogen) atoms. The molecule has 0 fully saturated rings. The van der Waals surface area contributed by atoms with Gasteiger partial charge in [-0.15, -0.1) is 0 Å². The van der Waals surface area contributed by atoms with E-state index in [0.717, 1.165) is 12.1 Å². The number of hydrogen-bond donors (Lipinski definition) is 2. The lowest BCUT2D eigenvalue weighted by Crippen LogP contribution is -2.26. The molecule has 3 N–H and O–H groups in total. The Morgan fingerprint density at radius 1 is 1.31 bits per heavy atom. The SMILES string of the molecule is CCNC(CC(N)=O)c1cc(C)cc(C)c1. The average Bonchev–Trinajstić information content (AvgIpc) is 2.14. The van der Waals surface area contributed by atoms with Gasteiger partial charge in [0.15, 0.2) is 0 Å². The van der Waals surface area contributed by atoms with Gasteiger partial charge in [0.25, 0.3) is 0 Å². The van der Waals surface area contributed by atoms with Crippen LogP contribution in [0.3, 0.4) is 0 Å². The lowest BCUT2D eigenvalue weighted by Gasteiger charge is -2.18. The van der Waals surface area contributed by atoms with Crippen LogP contribution in [0.5, 0.6) is 0 Å². The van der Waals surface area contributed by atoms with Gasteiger partial charge in [0.1, 0.15) is 0 Å². The molecule has 0 aliphatic carbocycles. The van der Waals surface area contributed by atoms with Crippen molar-refractivity contribution in [2.75, 3.05) is 6.54 Å². The lowest BCUT2D eigenvalue weighted by atomic mass is 9.99. The highest BCUT2D eigenvalue weighted by Gasteiger charge is 2.13. The number of carbonyl (C=O) groups is 1. The highest BCUT2D eigenvalue weighted by Crippen LogP contribution is 2.19. The number of hydrogen-bond acceptors (Lipinski definition) is 2. The second-order valence-electron chi connectivity index (χ2n) is 4.20. The first kappa shape index (κ1) is 12.7. The van der Waals surface area contributed by atoms with Gasteiger partial charge in [-0.05, 0) is 26.0 Å². The maximum Gasteiger partial charge on any atom is 0.219 e. The standard InChI is InChI=1S/C13H20N2O/c1-4-15-12(8-13(14)16)11-6-9(2)5-10(3)7-11/h5-7,12,15H,4,8H2,1-3H3,(H2,14,16). The van der Waals surface area contributed by atoms with Crippen LogP contribution >= 0.6 is 0 Å². The molecule has 3 nitrogen and oxygen atoms in total. The first-order valence-electron chi connectivity index (χ1n) is 5.62. The zero-order chi connectivity index (χ0) is 12.1. The molecular weight excluding hydrogens is 200 g/mol. The first-order valence-corrected chi connectivity index (χ1v) is 5.62. The predicted molar refractivity (Wildman–Crippen MR) is 66.1 cm³/mol. The van der Waals surface area contributed by atoms with Gasteiger partial charge in [0, 0.05) is 12.5 Å². The summed E-state index contributed by atoms with van der Waals surface area (Å²) >= 11 is 0. The molecule has 0 aliphatic rings. The third-order valence-corrected chi connectivity index (χ3v) is 2.50. The number of benzene rings is 1. The number of nitrogens with one attached hydrogen (secondary N) is 1. The van der Waals surface area contributed by atoms with Gasteiger partial charge in [-0.2, -0.15) is 0 Å². The summed E-state index contributed by atoms with van der Waals surface area (Å²) in [5, 5.41) is 3.28. The van der Waals surface area contributed by atoms with Crippen LogP contribution in [0.1, 0.15) is 36.1 Å². The maximum absolute atomic E-state index is 11.0. The number of rotatable bonds is 5. The molecule has 0 saturated carbocycles. The average molecular weight is 220 g/mol. The Kier molecular flexibility index (Phi) is 4.50. The molecule has 0 aromatic heterocycles. The maximum atomic E-state index is 11.0. The molecule has 1 atom stereocenters. The Morgan fingerprint density at radius 3 is 2.31 bits per heavy atom. The molecule has 0 bridgehead atoms. The smallest absolute Gasteiger partial charge is 0.219 e. The molecule has 1 aromatic carbocycles. The Hall–Kier alpha value is -1.35. The summed E-state index contributed by atoms with van der Waals surface area (Å²) < 4.78 is 0. The van der Waals surface area contributed by atoms with E-state index in [2.05, 4.69) is 37.4 Å². The quantitative estimate of drug-likeness (QED) is 0.795. The number of amides is 1. The van der Waals surface area contributed by atoms with E-state index in [-0.39, 0.29) is 11.9 Å². The van der Waals surface area contributed by atoms with Gasteiger partial charge in [0.2, 0.25) is 5.91 Å². The van der Waals surface area contributed by atoms with Gasteiger partial charge in [-0.25, -0.2) is 0 Å². The van der Waals surface area contributed by atoms with Crippen molar-refractivity contribution < 1.29 is 4.79 Å². The molecule has 1 rings (SSSR count). The molecule has 0 radical (unpaired) electrons. The third kappa shape index (κ3) is 3.66. The van der Waals surface area contributed by atoms with E-state index in [0.29, 0.717) is 6.42 Å². The fourth-order valence-electron chi connectivity index (χ4n) is 1.97. The van der Waals surface area contributed by atoms with Gasteiger partial charge >= 0.3 is 0 Å². The van der Waals surface area contributed by atoms with Gasteiger partial charge in [-0.1, -0.05) is 36.2 Å². The summed E-state index contributed by atoms with van der Waals surface area (Å²) in [6.45, 7) is 6.97. The molecule has 1 aromatic rings. The normalized spacial score (nSPS) is 12.4. The summed E-state index contributed by atoms with van der Waals surface area (Å²) in [6, 6.07) is 6.35. The first-order chi connectivity index (χ1) is 7.52. The van der Waals surface area contributed by atoms with E-state index in [1.807, 2.05) is 6.92 Å². The Labute approximate surface area is 97.0 Å². The second kappa shape index (κ2) is 5.66. The molecule has 1 unspecified atom stereocenters. The predicted octanol–water partition coefficient (Wildman–Crippen LogP) is 1.83. The van der Waals surface area contributed by atoms with E-state index in [1.54, 1.807) is 0 Å². The fourth-order valence-corrected chi connectivity index (χ4v) is 1.97. The van der Waals surface area contributed by atoms with E-state index >= 15 is 0 Å². The molecule has 0 aliphatic heterocycles. The van der Waals surface area contributed by atoms with Crippen molar-refractivity contribution >= 4 is 5.91 Å². The van der Waals surface area contributed by atoms with Crippen LogP contribution in [-0.4, -0.2) is 12.5 Å². The van der Waals surface area contributed by atoms with E-state index in [4.69, 9.17) is 5.73 Å². The van der Waals surface area contributed by atoms with E-state index in [9.17, 15) is 4.79 Å². The summed E-state index contributed by atoms with van der Waals surface area (Å²) in [5.41, 5.74) is 8.82. The van der Waals surface area contributed by atoms with Crippen molar-refractivity contribution in [3.8, 4) is 0 Å². The van der Waals surface area contributed by atoms with E-state index in [1.165, 1.54) is 11.1 Å². The summed E-state index contributed by atoms with van der Waals surface area (Å²) in [5.74, 6) is -0.273. The van der Waals surface area contributed by atoms with Crippen molar-refractivity contribution in [2.24, 2.45) is 5.73 Å². The van der Waals surface area contributed by atoms with Crippen LogP contribution in [0, 0.1) is 13.8 Å². The minimum atomic E-state index is -0.273. The molecule has 3 heteroatoms. The summed E-state index contributed by atoms with van der Waals surface area (Å²) in [6.07, 6.45) is 0.344. The molecule has 0 heterocycles. The Morgan fingerprint density at radius 2 is 1.88 bits per heavy atom. The van der Waals surface area contributed by atoms with Crippen molar-refractivity contribution in [1.82, 2.24) is 5.32 Å². The molecule has 0 saturated heterocycles. The van der Waals surface area contributed by atoms with Crippen molar-refractivity contribution in [3.05, 3.63) is 34.9 Å². The molecule has 1 amide bonds. The summed E-state index contributed by atoms with van der Waals surface area (Å²) in [4.78, 5) is 11.0. The van der Waals surface area contributed by atoms with Crippen LogP contribution in [-0.2, 0) is 4.79 Å². The van der Waals surface area contributed by atoms with Gasteiger partial charge < -0.3 is 11.1 Å². The van der Waals surface area contributed by atoms with Crippen LogP contribution in [0.4, 0.5) is 0 Å². The third-order valence-electron chi connectivity index (χ3n) is 2.50. The van der Waals surface area contributed by atoms with Crippen molar-refractivity contribution in [1.29, 1.82) is 0 Å². The number of primary amides is 1. The molecular formula is C13H20N2O. The van der Waals surface area contributed by atoms with Crippen LogP contribution < -0.4 is 11.1 Å². The topological polar surface area (TPSA) is 55.1 Å². The largest absolute Gasteiger partial charge is 0.370 e. The van der Waals surface area contributed by atoms with Gasteiger partial charge in [-0.3, -0.25) is 4.79 Å². The van der Waals surface area contributed by atoms with Crippen LogP contribution in [0.15, 0.2) is 18.2 Å². The minimum absolute atomic E-state index is 0.0288. The van der Waals surface area contributed by atoms with E-state index < -0.39 is 0 Å². The van der Waals surface area contributed by atoms with Crippen molar-refractivity contribution in [3.63, 3.8) is 0 Å². The number of nitrogens with two attached hydrogens (primary N) is 1. The highest BCUT2D eigenvalue weighted by atomic mass is 16.1. The number of carbonyl (C=O) groups excluding carboxylic acids is 1. The monoisotopic (exact) mass is 220 g/mol. The zero-order valence-electron chi connectivity index (χ0n) is 10.2. The van der Waals surface area contributed by atoms with Gasteiger partial charge in [0.05, 0.1) is 0 Å². The summed E-state index contributed by atoms with van der Waals surface area (Å²) in [7, 11) is 0. The van der Waals surface area contributed by atoms with Crippen LogP contribution in [0.25, 0.3) is 0 Å². The van der Waals surface area contributed by atoms with Crippen LogP contribution in [0.2, 0.25) is 0 Å².